The van der Waals surface area contributed by atoms with Gasteiger partial charge in [0, 0.05) is 17.6 Å². The third-order valence-electron chi connectivity index (χ3n) is 7.25. The molecule has 0 aromatic heterocycles. The van der Waals surface area contributed by atoms with Crippen LogP contribution < -0.4 is 9.80 Å². The molecule has 2 aromatic rings. The Bertz CT molecular complexity index is 871. The van der Waals surface area contributed by atoms with Crippen molar-refractivity contribution in [3.05, 3.63) is 66.2 Å². The van der Waals surface area contributed by atoms with Crippen molar-refractivity contribution < 1.29 is 0 Å². The molecule has 0 aliphatic carbocycles. The molecule has 29 heavy (non-hydrogen) atoms. The number of anilines is 3. The lowest BCUT2D eigenvalue weighted by molar-refractivity contribution is 0.459. The second kappa shape index (κ2) is 8.26. The van der Waals surface area contributed by atoms with E-state index in [9.17, 15) is 0 Å². The van der Waals surface area contributed by atoms with Gasteiger partial charge in [-0.05, 0) is 68.4 Å². The molecule has 4 rings (SSSR count). The Morgan fingerprint density at radius 2 is 1.90 bits per heavy atom. The van der Waals surface area contributed by atoms with E-state index in [0.29, 0.717) is 6.17 Å². The minimum atomic E-state index is 0.0577. The highest BCUT2D eigenvalue weighted by atomic mass is 15.4. The minimum Gasteiger partial charge on any atom is -0.349 e. The molecule has 0 spiro atoms. The normalized spacial score (nSPS) is 23.1. The van der Waals surface area contributed by atoms with Crippen molar-refractivity contribution in [3.8, 4) is 0 Å². The first-order valence-corrected chi connectivity index (χ1v) is 11.6. The molecule has 2 bridgehead atoms. The Hall–Kier alpha value is -2.22. The number of nitrogens with zero attached hydrogens (tertiary/aromatic N) is 2. The first kappa shape index (κ1) is 20.1. The molecule has 2 heterocycles. The molecule has 1 unspecified atom stereocenters. The summed E-state index contributed by atoms with van der Waals surface area (Å²) in [5.74, 6) is 0. The Labute approximate surface area is 177 Å². The first-order chi connectivity index (χ1) is 14.1. The maximum absolute atomic E-state index is 4.27. The van der Waals surface area contributed by atoms with Crippen LogP contribution in [0.2, 0.25) is 0 Å². The summed E-state index contributed by atoms with van der Waals surface area (Å²) in [6.07, 6.45) is 11.1. The van der Waals surface area contributed by atoms with Gasteiger partial charge in [0.2, 0.25) is 0 Å². The summed E-state index contributed by atoms with van der Waals surface area (Å²) >= 11 is 0. The molecular formula is C27H36N2. The minimum absolute atomic E-state index is 0.0577. The van der Waals surface area contributed by atoms with Crippen molar-refractivity contribution in [2.24, 2.45) is 0 Å². The molecule has 2 aromatic carbocycles. The van der Waals surface area contributed by atoms with E-state index >= 15 is 0 Å². The van der Waals surface area contributed by atoms with Crippen molar-refractivity contribution in [1.82, 2.24) is 0 Å². The van der Waals surface area contributed by atoms with Gasteiger partial charge in [0.25, 0.3) is 0 Å². The smallest absolute Gasteiger partial charge is 0.104 e. The number of unbranched alkanes of at least 4 members (excludes halogenated alkanes) is 2. The molecule has 2 atom stereocenters. The van der Waals surface area contributed by atoms with Crippen molar-refractivity contribution in [3.63, 3.8) is 0 Å². The van der Waals surface area contributed by atoms with E-state index in [1.54, 1.807) is 0 Å². The van der Waals surface area contributed by atoms with Crippen LogP contribution in [0.3, 0.4) is 0 Å². The fraction of sp³-hybridized carbons (Fsp3) is 0.481. The number of hydrogen-bond donors (Lipinski definition) is 0. The van der Waals surface area contributed by atoms with Crippen LogP contribution in [-0.2, 0) is 11.8 Å². The standard InChI is InChI=1S/C27H36N2/c1-5-8-9-13-22-16-17-25-26(20-22)28-19-12-18-27(6-2,7-3)23-14-10-11-15-24(23)29(25)21(28)4/h6,10-11,14-17,20-21H,2,5,7-9,12-13,18-19H2,1,3-4H3/t21-,27?/m1/s1. The molecule has 0 N–H and O–H groups in total. The highest BCUT2D eigenvalue weighted by Crippen LogP contribution is 2.50. The largest absolute Gasteiger partial charge is 0.349 e. The molecule has 0 amide bonds. The number of aryl methyl sites for hydroxylation is 1. The van der Waals surface area contributed by atoms with Crippen LogP contribution in [0.15, 0.2) is 55.1 Å². The van der Waals surface area contributed by atoms with E-state index < -0.39 is 0 Å². The second-order valence-electron chi connectivity index (χ2n) is 8.81. The summed E-state index contributed by atoms with van der Waals surface area (Å²) in [5, 5.41) is 0. The summed E-state index contributed by atoms with van der Waals surface area (Å²) in [5.41, 5.74) is 7.11. The molecule has 154 valence electrons. The van der Waals surface area contributed by atoms with Gasteiger partial charge in [0.15, 0.2) is 0 Å². The van der Waals surface area contributed by atoms with Gasteiger partial charge in [-0.3, -0.25) is 0 Å². The third kappa shape index (κ3) is 3.37. The number of rotatable bonds is 6. The third-order valence-corrected chi connectivity index (χ3v) is 7.25. The quantitative estimate of drug-likeness (QED) is 0.377. The van der Waals surface area contributed by atoms with E-state index in [2.05, 4.69) is 85.7 Å². The fourth-order valence-corrected chi connectivity index (χ4v) is 5.45. The van der Waals surface area contributed by atoms with E-state index in [-0.39, 0.29) is 5.41 Å². The van der Waals surface area contributed by atoms with Gasteiger partial charge >= 0.3 is 0 Å². The zero-order valence-corrected chi connectivity index (χ0v) is 18.5. The van der Waals surface area contributed by atoms with Crippen LogP contribution in [-0.4, -0.2) is 12.7 Å². The van der Waals surface area contributed by atoms with Gasteiger partial charge in [-0.1, -0.05) is 57.0 Å². The predicted molar refractivity (Wildman–Crippen MR) is 126 cm³/mol. The summed E-state index contributed by atoms with van der Waals surface area (Å²) in [6, 6.07) is 16.2. The molecule has 0 saturated heterocycles. The van der Waals surface area contributed by atoms with Crippen LogP contribution in [0.5, 0.6) is 0 Å². The van der Waals surface area contributed by atoms with E-state index in [1.807, 2.05) is 0 Å². The van der Waals surface area contributed by atoms with Crippen LogP contribution in [0, 0.1) is 0 Å². The topological polar surface area (TPSA) is 6.48 Å². The summed E-state index contributed by atoms with van der Waals surface area (Å²) < 4.78 is 0. The molecule has 2 aliphatic rings. The average molecular weight is 389 g/mol. The van der Waals surface area contributed by atoms with Crippen molar-refractivity contribution in [2.45, 2.75) is 77.3 Å². The van der Waals surface area contributed by atoms with Gasteiger partial charge in [0.05, 0.1) is 11.4 Å². The van der Waals surface area contributed by atoms with E-state index in [4.69, 9.17) is 0 Å². The Kier molecular flexibility index (Phi) is 5.72. The van der Waals surface area contributed by atoms with Crippen LogP contribution in [0.4, 0.5) is 17.1 Å². The number of hydrogen-bond acceptors (Lipinski definition) is 2. The summed E-state index contributed by atoms with van der Waals surface area (Å²) in [4.78, 5) is 5.20. The van der Waals surface area contributed by atoms with E-state index in [1.165, 1.54) is 60.3 Å². The molecule has 0 radical (unpaired) electrons. The SMILES string of the molecule is C=CC1(CC)CCCN2c3cc(CCCCC)ccc3N(c3ccccc31)[C@@H]2C. The van der Waals surface area contributed by atoms with Crippen molar-refractivity contribution in [2.75, 3.05) is 16.3 Å². The molecule has 2 heteroatoms. The summed E-state index contributed by atoms with van der Waals surface area (Å²) in [6.45, 7) is 12.3. The predicted octanol–water partition coefficient (Wildman–Crippen LogP) is 7.35. The zero-order valence-electron chi connectivity index (χ0n) is 18.5. The Balaban J connectivity index is 1.82. The van der Waals surface area contributed by atoms with Gasteiger partial charge in [-0.15, -0.1) is 6.58 Å². The summed E-state index contributed by atoms with van der Waals surface area (Å²) in [7, 11) is 0. The molecule has 2 aliphatic heterocycles. The maximum Gasteiger partial charge on any atom is 0.104 e. The van der Waals surface area contributed by atoms with Gasteiger partial charge < -0.3 is 9.80 Å². The van der Waals surface area contributed by atoms with Gasteiger partial charge in [-0.25, -0.2) is 0 Å². The highest BCUT2D eigenvalue weighted by molar-refractivity contribution is 5.85. The Morgan fingerprint density at radius 3 is 2.66 bits per heavy atom. The highest BCUT2D eigenvalue weighted by Gasteiger charge is 2.39. The number of fused-ring (bicyclic) bond motifs is 7. The van der Waals surface area contributed by atoms with E-state index in [0.717, 1.165) is 19.4 Å². The fourth-order valence-electron chi connectivity index (χ4n) is 5.45. The number of benzene rings is 2. The lowest BCUT2D eigenvalue weighted by atomic mass is 9.73. The van der Waals surface area contributed by atoms with Crippen LogP contribution in [0.1, 0.15) is 70.4 Å². The number of allylic oxidation sites excluding steroid dienone is 1. The molecule has 0 saturated carbocycles. The van der Waals surface area contributed by atoms with Crippen LogP contribution in [0.25, 0.3) is 0 Å². The van der Waals surface area contributed by atoms with Gasteiger partial charge in [0.1, 0.15) is 6.17 Å². The molecule has 0 fully saturated rings. The van der Waals surface area contributed by atoms with Crippen LogP contribution >= 0.6 is 0 Å². The first-order valence-electron chi connectivity index (χ1n) is 11.6. The van der Waals surface area contributed by atoms with Crippen molar-refractivity contribution >= 4 is 17.1 Å². The zero-order chi connectivity index (χ0) is 20.4. The lowest BCUT2D eigenvalue weighted by Gasteiger charge is -2.35. The number of para-hydroxylation sites is 1. The van der Waals surface area contributed by atoms with Gasteiger partial charge in [-0.2, -0.15) is 0 Å². The average Bonchev–Trinajstić information content (AvgIpc) is 3.04. The second-order valence-corrected chi connectivity index (χ2v) is 8.81. The van der Waals surface area contributed by atoms with Crippen molar-refractivity contribution in [1.29, 1.82) is 0 Å². The maximum atomic E-state index is 4.27. The Morgan fingerprint density at radius 1 is 1.07 bits per heavy atom. The molecule has 2 nitrogen and oxygen atoms in total. The molecular weight excluding hydrogens is 352 g/mol. The lowest BCUT2D eigenvalue weighted by Crippen LogP contribution is -2.38. The monoisotopic (exact) mass is 388 g/mol.